The maximum atomic E-state index is 12.2. The van der Waals surface area contributed by atoms with Crippen molar-refractivity contribution in [1.82, 2.24) is 19.7 Å². The van der Waals surface area contributed by atoms with Crippen LogP contribution in [-0.2, 0) is 24.3 Å². The number of hydrogen-bond acceptors (Lipinski definition) is 4. The van der Waals surface area contributed by atoms with E-state index in [1.165, 1.54) is 10.8 Å². The van der Waals surface area contributed by atoms with Crippen LogP contribution in [0.1, 0.15) is 37.6 Å². The molecule has 27 heavy (non-hydrogen) atoms. The van der Waals surface area contributed by atoms with Crippen LogP contribution in [0.15, 0.2) is 35.1 Å². The summed E-state index contributed by atoms with van der Waals surface area (Å²) in [5.41, 5.74) is 0.898. The van der Waals surface area contributed by atoms with Gasteiger partial charge in [0.2, 0.25) is 5.91 Å². The van der Waals surface area contributed by atoms with Gasteiger partial charge in [0.25, 0.3) is 0 Å². The topological polar surface area (TPSA) is 78.2 Å². The monoisotopic (exact) mass is 370 g/mol. The number of rotatable bonds is 8. The molecule has 1 aliphatic rings. The van der Waals surface area contributed by atoms with Gasteiger partial charge in [-0.15, -0.1) is 0 Å². The second-order valence-electron chi connectivity index (χ2n) is 6.51. The Morgan fingerprint density at radius 1 is 1.30 bits per heavy atom. The summed E-state index contributed by atoms with van der Waals surface area (Å²) in [5, 5.41) is 7.23. The Morgan fingerprint density at radius 2 is 2.11 bits per heavy atom. The van der Waals surface area contributed by atoms with Gasteiger partial charge >= 0.3 is 5.69 Å². The largest absolute Gasteiger partial charge is 0.494 e. The number of nitrogens with zero attached hydrogens (tertiary/aromatic N) is 3. The van der Waals surface area contributed by atoms with Gasteiger partial charge in [-0.25, -0.2) is 9.48 Å². The fourth-order valence-corrected chi connectivity index (χ4v) is 3.11. The molecule has 0 saturated heterocycles. The Bertz CT molecular complexity index is 849. The summed E-state index contributed by atoms with van der Waals surface area (Å²) < 4.78 is 8.67. The molecule has 7 heteroatoms. The van der Waals surface area contributed by atoms with Gasteiger partial charge in [-0.2, -0.15) is 5.10 Å². The standard InChI is InChI=1S/C20H26N4O3/c1-2-27-17-10-7-16(8-11-17)9-12-19(25)21-13-5-15-24-20(26)23-14-4-3-6-18(23)22-24/h7-12H,2-6,13-15H2,1H3,(H,21,25)/b12-9+. The van der Waals surface area contributed by atoms with Crippen LogP contribution < -0.4 is 15.7 Å². The fraction of sp³-hybridized carbons (Fsp3) is 0.450. The lowest BCUT2D eigenvalue weighted by atomic mass is 10.2. The minimum atomic E-state index is -0.152. The van der Waals surface area contributed by atoms with Crippen molar-refractivity contribution in [1.29, 1.82) is 0 Å². The van der Waals surface area contributed by atoms with Crippen LogP contribution in [0.4, 0.5) is 0 Å². The zero-order chi connectivity index (χ0) is 19.1. The molecule has 0 fully saturated rings. The summed E-state index contributed by atoms with van der Waals surface area (Å²) in [6, 6.07) is 7.57. The highest BCUT2D eigenvalue weighted by Gasteiger charge is 2.16. The molecule has 7 nitrogen and oxygen atoms in total. The van der Waals surface area contributed by atoms with Crippen LogP contribution in [0.25, 0.3) is 6.08 Å². The van der Waals surface area contributed by atoms with E-state index in [-0.39, 0.29) is 11.6 Å². The average Bonchev–Trinajstić information content (AvgIpc) is 3.01. The number of amides is 1. The molecular weight excluding hydrogens is 344 g/mol. The van der Waals surface area contributed by atoms with Crippen molar-refractivity contribution in [2.75, 3.05) is 13.2 Å². The van der Waals surface area contributed by atoms with E-state index in [1.54, 1.807) is 10.6 Å². The third-order valence-corrected chi connectivity index (χ3v) is 4.50. The quantitative estimate of drug-likeness (QED) is 0.569. The van der Waals surface area contributed by atoms with Gasteiger partial charge in [0, 0.05) is 32.1 Å². The summed E-state index contributed by atoms with van der Waals surface area (Å²) in [7, 11) is 0. The number of benzene rings is 1. The van der Waals surface area contributed by atoms with Gasteiger partial charge in [-0.05, 0) is 50.0 Å². The SMILES string of the molecule is CCOc1ccc(/C=C/C(=O)NCCCn2nc3n(c2=O)CCCC3)cc1. The summed E-state index contributed by atoms with van der Waals surface area (Å²) in [6.07, 6.45) is 6.94. The molecule has 2 heterocycles. The first-order valence-corrected chi connectivity index (χ1v) is 9.52. The van der Waals surface area contributed by atoms with Gasteiger partial charge in [0.15, 0.2) is 0 Å². The van der Waals surface area contributed by atoms with E-state index in [1.807, 2.05) is 31.2 Å². The molecule has 0 bridgehead atoms. The number of carbonyl (C=O) groups excluding carboxylic acids is 1. The number of nitrogens with one attached hydrogen (secondary N) is 1. The van der Waals surface area contributed by atoms with Crippen LogP contribution >= 0.6 is 0 Å². The predicted octanol–water partition coefficient (Wildman–Crippen LogP) is 2.00. The van der Waals surface area contributed by atoms with E-state index in [0.29, 0.717) is 26.1 Å². The van der Waals surface area contributed by atoms with Crippen molar-refractivity contribution in [2.45, 2.75) is 45.7 Å². The Morgan fingerprint density at radius 3 is 2.85 bits per heavy atom. The van der Waals surface area contributed by atoms with E-state index in [4.69, 9.17) is 4.74 Å². The molecule has 1 N–H and O–H groups in total. The minimum Gasteiger partial charge on any atom is -0.494 e. The van der Waals surface area contributed by atoms with E-state index in [9.17, 15) is 9.59 Å². The normalized spacial score (nSPS) is 13.5. The number of hydrogen-bond donors (Lipinski definition) is 1. The Hall–Kier alpha value is -2.83. The predicted molar refractivity (Wildman–Crippen MR) is 104 cm³/mol. The molecule has 3 rings (SSSR count). The summed E-state index contributed by atoms with van der Waals surface area (Å²) in [6.45, 7) is 4.35. The zero-order valence-corrected chi connectivity index (χ0v) is 15.7. The highest BCUT2D eigenvalue weighted by Crippen LogP contribution is 2.13. The van der Waals surface area contributed by atoms with Crippen molar-refractivity contribution in [3.05, 3.63) is 52.2 Å². The first-order valence-electron chi connectivity index (χ1n) is 9.52. The second kappa shape index (κ2) is 9.21. The number of carbonyl (C=O) groups is 1. The lowest BCUT2D eigenvalue weighted by Crippen LogP contribution is -2.28. The van der Waals surface area contributed by atoms with Crippen molar-refractivity contribution >= 4 is 12.0 Å². The molecule has 1 aromatic heterocycles. The molecule has 1 aliphatic heterocycles. The van der Waals surface area contributed by atoms with Crippen LogP contribution in [0.3, 0.4) is 0 Å². The molecule has 0 unspecified atom stereocenters. The average molecular weight is 370 g/mol. The van der Waals surface area contributed by atoms with Gasteiger partial charge < -0.3 is 10.1 Å². The van der Waals surface area contributed by atoms with E-state index in [0.717, 1.165) is 42.9 Å². The second-order valence-corrected chi connectivity index (χ2v) is 6.51. The van der Waals surface area contributed by atoms with Crippen molar-refractivity contribution in [3.8, 4) is 5.75 Å². The molecular formula is C20H26N4O3. The fourth-order valence-electron chi connectivity index (χ4n) is 3.11. The first-order chi connectivity index (χ1) is 13.2. The number of aromatic nitrogens is 3. The number of ether oxygens (including phenoxy) is 1. The number of aryl methyl sites for hydroxylation is 2. The van der Waals surface area contributed by atoms with Gasteiger partial charge in [0.1, 0.15) is 11.6 Å². The molecule has 0 spiro atoms. The molecule has 1 amide bonds. The van der Waals surface area contributed by atoms with Gasteiger partial charge in [-0.3, -0.25) is 9.36 Å². The maximum Gasteiger partial charge on any atom is 0.345 e. The lowest BCUT2D eigenvalue weighted by molar-refractivity contribution is -0.116. The maximum absolute atomic E-state index is 12.2. The van der Waals surface area contributed by atoms with E-state index < -0.39 is 0 Å². The highest BCUT2D eigenvalue weighted by atomic mass is 16.5. The smallest absolute Gasteiger partial charge is 0.345 e. The molecule has 2 aromatic rings. The van der Waals surface area contributed by atoms with Crippen LogP contribution in [-0.4, -0.2) is 33.4 Å². The molecule has 144 valence electrons. The highest BCUT2D eigenvalue weighted by molar-refractivity contribution is 5.91. The van der Waals surface area contributed by atoms with Gasteiger partial charge in [0.05, 0.1) is 6.61 Å². The zero-order valence-electron chi connectivity index (χ0n) is 15.7. The third kappa shape index (κ3) is 5.09. The summed E-state index contributed by atoms with van der Waals surface area (Å²) in [4.78, 5) is 24.1. The summed E-state index contributed by atoms with van der Waals surface area (Å²) >= 11 is 0. The van der Waals surface area contributed by atoms with Crippen LogP contribution in [0.2, 0.25) is 0 Å². The minimum absolute atomic E-state index is 0.0357. The third-order valence-electron chi connectivity index (χ3n) is 4.50. The Kier molecular flexibility index (Phi) is 6.46. The number of fused-ring (bicyclic) bond motifs is 1. The van der Waals surface area contributed by atoms with E-state index >= 15 is 0 Å². The van der Waals surface area contributed by atoms with Gasteiger partial charge in [-0.1, -0.05) is 12.1 Å². The van der Waals surface area contributed by atoms with E-state index in [2.05, 4.69) is 10.4 Å². The lowest BCUT2D eigenvalue weighted by Gasteiger charge is -2.09. The molecule has 0 radical (unpaired) electrons. The molecule has 0 atom stereocenters. The first kappa shape index (κ1) is 18.9. The van der Waals surface area contributed by atoms with Crippen molar-refractivity contribution in [3.63, 3.8) is 0 Å². The molecule has 1 aromatic carbocycles. The van der Waals surface area contributed by atoms with Crippen LogP contribution in [0.5, 0.6) is 5.75 Å². The molecule has 0 aliphatic carbocycles. The Balaban J connectivity index is 1.42. The van der Waals surface area contributed by atoms with Crippen LogP contribution in [0, 0.1) is 0 Å². The molecule has 0 saturated carbocycles. The Labute approximate surface area is 158 Å². The summed E-state index contributed by atoms with van der Waals surface area (Å²) in [5.74, 6) is 1.55. The van der Waals surface area contributed by atoms with Crippen molar-refractivity contribution < 1.29 is 9.53 Å². The van der Waals surface area contributed by atoms with Crippen molar-refractivity contribution in [2.24, 2.45) is 0 Å².